The second-order valence-electron chi connectivity index (χ2n) is 5.46. The maximum absolute atomic E-state index is 12.0. The van der Waals surface area contributed by atoms with Gasteiger partial charge < -0.3 is 10.6 Å². The summed E-state index contributed by atoms with van der Waals surface area (Å²) in [5.74, 6) is 0.00218. The van der Waals surface area contributed by atoms with Crippen molar-refractivity contribution in [3.8, 4) is 0 Å². The van der Waals surface area contributed by atoms with E-state index < -0.39 is 0 Å². The first kappa shape index (κ1) is 16.6. The molecule has 0 spiro atoms. The second-order valence-corrected chi connectivity index (χ2v) is 6.31. The molecular formula is C18H21BrN2O. The van der Waals surface area contributed by atoms with E-state index in [1.165, 1.54) is 11.1 Å². The van der Waals surface area contributed by atoms with Crippen molar-refractivity contribution in [2.45, 2.75) is 27.2 Å². The predicted molar refractivity (Wildman–Crippen MR) is 96.5 cm³/mol. The second kappa shape index (κ2) is 7.45. The lowest BCUT2D eigenvalue weighted by molar-refractivity contribution is -0.115. The number of nitrogens with one attached hydrogen (secondary N) is 2. The molecule has 0 saturated carbocycles. The third-order valence-electron chi connectivity index (χ3n) is 3.67. The fraction of sp³-hybridized carbons (Fsp3) is 0.278. The van der Waals surface area contributed by atoms with Gasteiger partial charge in [0.05, 0.1) is 5.69 Å². The van der Waals surface area contributed by atoms with Crippen molar-refractivity contribution in [3.05, 3.63) is 57.6 Å². The molecule has 0 bridgehead atoms. The van der Waals surface area contributed by atoms with Crippen molar-refractivity contribution in [2.24, 2.45) is 0 Å². The van der Waals surface area contributed by atoms with Crippen molar-refractivity contribution in [1.29, 1.82) is 0 Å². The molecule has 0 unspecified atom stereocenters. The van der Waals surface area contributed by atoms with Crippen LogP contribution >= 0.6 is 15.9 Å². The van der Waals surface area contributed by atoms with Crippen molar-refractivity contribution < 1.29 is 4.79 Å². The molecule has 3 nitrogen and oxygen atoms in total. The summed E-state index contributed by atoms with van der Waals surface area (Å²) in [5, 5.41) is 6.25. The minimum atomic E-state index is 0.00218. The highest BCUT2D eigenvalue weighted by atomic mass is 79.9. The molecule has 0 aliphatic heterocycles. The van der Waals surface area contributed by atoms with Crippen LogP contribution in [0.4, 0.5) is 11.4 Å². The van der Waals surface area contributed by atoms with Gasteiger partial charge in [-0.05, 0) is 71.6 Å². The molecule has 2 aromatic rings. The van der Waals surface area contributed by atoms with E-state index in [0.29, 0.717) is 13.0 Å². The molecule has 0 aliphatic carbocycles. The van der Waals surface area contributed by atoms with Crippen LogP contribution in [-0.4, -0.2) is 12.5 Å². The molecule has 0 aliphatic rings. The van der Waals surface area contributed by atoms with Gasteiger partial charge in [-0.15, -0.1) is 0 Å². The zero-order valence-electron chi connectivity index (χ0n) is 13.2. The minimum absolute atomic E-state index is 0.00218. The number of aryl methyl sites for hydroxylation is 2. The maximum Gasteiger partial charge on any atom is 0.226 e. The van der Waals surface area contributed by atoms with Gasteiger partial charge in [-0.3, -0.25) is 4.79 Å². The molecule has 0 heterocycles. The van der Waals surface area contributed by atoms with Gasteiger partial charge in [0.1, 0.15) is 0 Å². The molecule has 0 atom stereocenters. The van der Waals surface area contributed by atoms with Crippen LogP contribution in [0.2, 0.25) is 0 Å². The van der Waals surface area contributed by atoms with Gasteiger partial charge in [0, 0.05) is 23.1 Å². The lowest BCUT2D eigenvalue weighted by atomic mass is 10.1. The number of anilines is 2. The van der Waals surface area contributed by atoms with Gasteiger partial charge in [-0.25, -0.2) is 0 Å². The summed E-state index contributed by atoms with van der Waals surface area (Å²) in [7, 11) is 0. The molecule has 0 radical (unpaired) electrons. The van der Waals surface area contributed by atoms with Gasteiger partial charge in [0.2, 0.25) is 5.91 Å². The number of carbonyl (C=O) groups excluding carboxylic acids is 1. The summed E-state index contributed by atoms with van der Waals surface area (Å²) in [6.07, 6.45) is 0.424. The van der Waals surface area contributed by atoms with Crippen molar-refractivity contribution in [2.75, 3.05) is 17.2 Å². The lowest BCUT2D eigenvalue weighted by Gasteiger charge is -2.12. The van der Waals surface area contributed by atoms with Crippen molar-refractivity contribution in [1.82, 2.24) is 0 Å². The molecule has 116 valence electrons. The van der Waals surface area contributed by atoms with E-state index in [4.69, 9.17) is 0 Å². The van der Waals surface area contributed by atoms with Gasteiger partial charge in [-0.1, -0.05) is 18.2 Å². The number of hydrogen-bond acceptors (Lipinski definition) is 2. The van der Waals surface area contributed by atoms with Crippen LogP contribution in [0, 0.1) is 20.8 Å². The quantitative estimate of drug-likeness (QED) is 0.802. The molecule has 0 aromatic heterocycles. The van der Waals surface area contributed by atoms with Gasteiger partial charge >= 0.3 is 0 Å². The van der Waals surface area contributed by atoms with Crippen LogP contribution in [0.3, 0.4) is 0 Å². The van der Waals surface area contributed by atoms with E-state index in [1.54, 1.807) is 0 Å². The Labute approximate surface area is 140 Å². The largest absolute Gasteiger partial charge is 0.384 e. The molecule has 22 heavy (non-hydrogen) atoms. The minimum Gasteiger partial charge on any atom is -0.384 e. The Morgan fingerprint density at radius 3 is 2.59 bits per heavy atom. The molecule has 2 N–H and O–H groups in total. The Morgan fingerprint density at radius 2 is 1.86 bits per heavy atom. The third kappa shape index (κ3) is 4.34. The van der Waals surface area contributed by atoms with E-state index in [9.17, 15) is 4.79 Å². The topological polar surface area (TPSA) is 41.1 Å². The zero-order valence-corrected chi connectivity index (χ0v) is 14.8. The summed E-state index contributed by atoms with van der Waals surface area (Å²) in [5.41, 5.74) is 5.52. The van der Waals surface area contributed by atoms with Crippen LogP contribution in [0.1, 0.15) is 23.1 Å². The smallest absolute Gasteiger partial charge is 0.226 e. The highest BCUT2D eigenvalue weighted by Gasteiger charge is 2.06. The highest BCUT2D eigenvalue weighted by molar-refractivity contribution is 9.10. The molecule has 0 saturated heterocycles. The molecule has 0 fully saturated rings. The first-order valence-electron chi connectivity index (χ1n) is 7.33. The first-order chi connectivity index (χ1) is 10.5. The van der Waals surface area contributed by atoms with Crippen molar-refractivity contribution >= 4 is 33.2 Å². The molecule has 2 aromatic carbocycles. The van der Waals surface area contributed by atoms with E-state index >= 15 is 0 Å². The van der Waals surface area contributed by atoms with E-state index in [1.807, 2.05) is 37.3 Å². The average molecular weight is 361 g/mol. The van der Waals surface area contributed by atoms with Gasteiger partial charge in [0.15, 0.2) is 0 Å². The fourth-order valence-corrected chi connectivity index (χ4v) is 2.78. The SMILES string of the molecule is Cc1ccc(NC(=O)CCNc2cccc(C)c2C)c(Br)c1. The number of rotatable bonds is 5. The third-order valence-corrected chi connectivity index (χ3v) is 4.33. The normalized spacial score (nSPS) is 10.4. The number of amides is 1. The van der Waals surface area contributed by atoms with Crippen LogP contribution in [0.25, 0.3) is 0 Å². The zero-order chi connectivity index (χ0) is 16.1. The average Bonchev–Trinajstić information content (AvgIpc) is 2.46. The van der Waals surface area contributed by atoms with Gasteiger partial charge in [0.25, 0.3) is 0 Å². The Balaban J connectivity index is 1.87. The Kier molecular flexibility index (Phi) is 5.61. The van der Waals surface area contributed by atoms with Crippen LogP contribution in [0.5, 0.6) is 0 Å². The number of benzene rings is 2. The summed E-state index contributed by atoms with van der Waals surface area (Å²) < 4.78 is 0.906. The number of halogens is 1. The highest BCUT2D eigenvalue weighted by Crippen LogP contribution is 2.23. The Bertz CT molecular complexity index is 683. The summed E-state index contributed by atoms with van der Waals surface area (Å²) in [6.45, 7) is 6.80. The molecule has 1 amide bonds. The Hall–Kier alpha value is -1.81. The predicted octanol–water partition coefficient (Wildman–Crippen LogP) is 4.82. The number of carbonyl (C=O) groups is 1. The standard InChI is InChI=1S/C18H21BrN2O/c1-12-7-8-17(15(19)11-12)21-18(22)9-10-20-16-6-4-5-13(2)14(16)3/h4-8,11,20H,9-10H2,1-3H3,(H,21,22). The van der Waals surface area contributed by atoms with E-state index in [0.717, 1.165) is 21.4 Å². The first-order valence-corrected chi connectivity index (χ1v) is 8.13. The van der Waals surface area contributed by atoms with Crippen LogP contribution in [0.15, 0.2) is 40.9 Å². The van der Waals surface area contributed by atoms with E-state index in [2.05, 4.69) is 46.5 Å². The molecular weight excluding hydrogens is 340 g/mol. The molecule has 4 heteroatoms. The van der Waals surface area contributed by atoms with Crippen LogP contribution in [-0.2, 0) is 4.79 Å². The molecule has 2 rings (SSSR count). The fourth-order valence-electron chi connectivity index (χ4n) is 2.19. The number of hydrogen-bond donors (Lipinski definition) is 2. The van der Waals surface area contributed by atoms with Crippen molar-refractivity contribution in [3.63, 3.8) is 0 Å². The Morgan fingerprint density at radius 1 is 1.09 bits per heavy atom. The van der Waals surface area contributed by atoms with Crippen LogP contribution < -0.4 is 10.6 Å². The van der Waals surface area contributed by atoms with E-state index in [-0.39, 0.29) is 5.91 Å². The lowest BCUT2D eigenvalue weighted by Crippen LogP contribution is -2.16. The van der Waals surface area contributed by atoms with Gasteiger partial charge in [-0.2, -0.15) is 0 Å². The maximum atomic E-state index is 12.0. The summed E-state index contributed by atoms with van der Waals surface area (Å²) in [6, 6.07) is 12.0. The summed E-state index contributed by atoms with van der Waals surface area (Å²) in [4.78, 5) is 12.0. The monoisotopic (exact) mass is 360 g/mol. The summed E-state index contributed by atoms with van der Waals surface area (Å²) >= 11 is 3.47.